The minimum atomic E-state index is 0.832. The molecule has 0 aromatic carbocycles. The molecule has 2 saturated carbocycles. The molecule has 0 saturated heterocycles. The van der Waals surface area contributed by atoms with Gasteiger partial charge in [-0.25, -0.2) is 0 Å². The van der Waals surface area contributed by atoms with Gasteiger partial charge in [0.1, 0.15) is 0 Å². The van der Waals surface area contributed by atoms with E-state index < -0.39 is 0 Å². The van der Waals surface area contributed by atoms with E-state index in [9.17, 15) is 0 Å². The lowest BCUT2D eigenvalue weighted by atomic mass is 9.71. The lowest BCUT2D eigenvalue weighted by Gasteiger charge is -2.39. The van der Waals surface area contributed by atoms with Crippen LogP contribution in [0.1, 0.15) is 64.2 Å². The number of hydrogen-bond donors (Lipinski definition) is 1. The van der Waals surface area contributed by atoms with Crippen LogP contribution in [-0.4, -0.2) is 38.1 Å². The van der Waals surface area contributed by atoms with Crippen LogP contribution in [0.3, 0.4) is 0 Å². The lowest BCUT2D eigenvalue weighted by Crippen LogP contribution is -2.43. The zero-order valence-corrected chi connectivity index (χ0v) is 13.2. The molecule has 0 spiro atoms. The Bertz CT molecular complexity index is 233. The van der Waals surface area contributed by atoms with E-state index in [-0.39, 0.29) is 0 Å². The van der Waals surface area contributed by atoms with E-state index in [1.807, 2.05) is 0 Å². The monoisotopic (exact) mass is 266 g/mol. The third-order valence-electron chi connectivity index (χ3n) is 5.26. The van der Waals surface area contributed by atoms with E-state index >= 15 is 0 Å². The Morgan fingerprint density at radius 1 is 0.895 bits per heavy atom. The minimum absolute atomic E-state index is 0.832. The van der Waals surface area contributed by atoms with E-state index in [0.29, 0.717) is 0 Å². The third kappa shape index (κ3) is 5.07. The van der Waals surface area contributed by atoms with Crippen molar-refractivity contribution in [3.8, 4) is 0 Å². The summed E-state index contributed by atoms with van der Waals surface area (Å²) in [7, 11) is 4.34. The molecule has 0 radical (unpaired) electrons. The van der Waals surface area contributed by atoms with Gasteiger partial charge in [0.25, 0.3) is 0 Å². The molecule has 2 atom stereocenters. The van der Waals surface area contributed by atoms with Crippen LogP contribution in [-0.2, 0) is 0 Å². The highest BCUT2D eigenvalue weighted by Crippen LogP contribution is 2.38. The first-order valence-electron chi connectivity index (χ1n) is 8.65. The first-order valence-corrected chi connectivity index (χ1v) is 8.65. The number of nitrogens with one attached hydrogen (secondary N) is 1. The van der Waals surface area contributed by atoms with Crippen LogP contribution in [0, 0.1) is 11.8 Å². The third-order valence-corrected chi connectivity index (χ3v) is 5.26. The Labute approximate surface area is 120 Å². The van der Waals surface area contributed by atoms with Crippen LogP contribution in [0.2, 0.25) is 0 Å². The predicted molar refractivity (Wildman–Crippen MR) is 83.5 cm³/mol. The first-order chi connectivity index (χ1) is 9.27. The smallest absolute Gasteiger partial charge is 0.00979 e. The van der Waals surface area contributed by atoms with E-state index in [2.05, 4.69) is 24.3 Å². The second kappa shape index (κ2) is 8.26. The molecule has 2 aliphatic rings. The van der Waals surface area contributed by atoms with Crippen LogP contribution in [0.25, 0.3) is 0 Å². The molecule has 0 unspecified atom stereocenters. The molecule has 1 N–H and O–H groups in total. The van der Waals surface area contributed by atoms with E-state index in [1.165, 1.54) is 77.3 Å². The molecular weight excluding hydrogens is 232 g/mol. The van der Waals surface area contributed by atoms with Crippen LogP contribution >= 0.6 is 0 Å². The summed E-state index contributed by atoms with van der Waals surface area (Å²) < 4.78 is 0. The summed E-state index contributed by atoms with van der Waals surface area (Å²) in [6.07, 6.45) is 14.7. The Balaban J connectivity index is 1.75. The van der Waals surface area contributed by atoms with Crippen molar-refractivity contribution in [1.82, 2.24) is 10.2 Å². The van der Waals surface area contributed by atoms with Gasteiger partial charge in [0.05, 0.1) is 0 Å². The largest absolute Gasteiger partial charge is 0.314 e. The van der Waals surface area contributed by atoms with Gasteiger partial charge in [-0.2, -0.15) is 0 Å². The summed E-state index contributed by atoms with van der Waals surface area (Å²) in [6.45, 7) is 2.43. The van der Waals surface area contributed by atoms with Crippen LogP contribution in [0.15, 0.2) is 0 Å². The molecule has 2 nitrogen and oxygen atoms in total. The Morgan fingerprint density at radius 2 is 1.58 bits per heavy atom. The highest BCUT2D eigenvalue weighted by Gasteiger charge is 2.31. The molecule has 0 amide bonds. The maximum Gasteiger partial charge on any atom is 0.00979 e. The molecule has 2 aliphatic carbocycles. The van der Waals surface area contributed by atoms with Gasteiger partial charge in [-0.3, -0.25) is 0 Å². The van der Waals surface area contributed by atoms with Gasteiger partial charge in [0.2, 0.25) is 0 Å². The fraction of sp³-hybridized carbons (Fsp3) is 1.00. The molecule has 0 bridgehead atoms. The van der Waals surface area contributed by atoms with Crippen molar-refractivity contribution in [2.24, 2.45) is 11.8 Å². The van der Waals surface area contributed by atoms with Crippen molar-refractivity contribution in [2.75, 3.05) is 27.2 Å². The Morgan fingerprint density at radius 3 is 2.32 bits per heavy atom. The van der Waals surface area contributed by atoms with Crippen molar-refractivity contribution < 1.29 is 0 Å². The average molecular weight is 266 g/mol. The van der Waals surface area contributed by atoms with Crippen molar-refractivity contribution in [3.05, 3.63) is 0 Å². The molecule has 2 heteroatoms. The molecular formula is C17H34N2. The predicted octanol–water partition coefficient (Wildman–Crippen LogP) is 3.67. The quantitative estimate of drug-likeness (QED) is 0.738. The fourth-order valence-electron chi connectivity index (χ4n) is 4.22. The zero-order valence-electron chi connectivity index (χ0n) is 13.2. The summed E-state index contributed by atoms with van der Waals surface area (Å²) in [4.78, 5) is 2.29. The SMILES string of the molecule is CN(C)CCCN[C@@H]1CCCC[C@H]1C1CCCCC1. The summed E-state index contributed by atoms with van der Waals surface area (Å²) >= 11 is 0. The van der Waals surface area contributed by atoms with Gasteiger partial charge < -0.3 is 10.2 Å². The highest BCUT2D eigenvalue weighted by molar-refractivity contribution is 4.86. The molecule has 0 aliphatic heterocycles. The van der Waals surface area contributed by atoms with Crippen molar-refractivity contribution in [1.29, 1.82) is 0 Å². The highest BCUT2D eigenvalue weighted by atomic mass is 15.1. The maximum atomic E-state index is 3.90. The van der Waals surface area contributed by atoms with Crippen molar-refractivity contribution >= 4 is 0 Å². The van der Waals surface area contributed by atoms with Gasteiger partial charge in [-0.05, 0) is 58.3 Å². The molecule has 0 aromatic rings. The van der Waals surface area contributed by atoms with Gasteiger partial charge >= 0.3 is 0 Å². The van der Waals surface area contributed by atoms with Gasteiger partial charge in [-0.15, -0.1) is 0 Å². The second-order valence-electron chi connectivity index (χ2n) is 7.06. The summed E-state index contributed by atoms with van der Waals surface area (Å²) in [6, 6.07) is 0.832. The Hall–Kier alpha value is -0.0800. The van der Waals surface area contributed by atoms with Crippen molar-refractivity contribution in [2.45, 2.75) is 70.3 Å². The minimum Gasteiger partial charge on any atom is -0.314 e. The molecule has 0 heterocycles. The Kier molecular flexibility index (Phi) is 6.66. The molecule has 19 heavy (non-hydrogen) atoms. The van der Waals surface area contributed by atoms with E-state index in [4.69, 9.17) is 0 Å². The summed E-state index contributed by atoms with van der Waals surface area (Å²) in [5.74, 6) is 2.04. The second-order valence-corrected chi connectivity index (χ2v) is 7.06. The molecule has 2 rings (SSSR count). The fourth-order valence-corrected chi connectivity index (χ4v) is 4.22. The summed E-state index contributed by atoms with van der Waals surface area (Å²) in [5, 5.41) is 3.90. The number of hydrogen-bond acceptors (Lipinski definition) is 2. The van der Waals surface area contributed by atoms with Gasteiger partial charge in [0, 0.05) is 6.04 Å². The number of rotatable bonds is 6. The van der Waals surface area contributed by atoms with Crippen molar-refractivity contribution in [3.63, 3.8) is 0 Å². The van der Waals surface area contributed by atoms with Crippen LogP contribution in [0.4, 0.5) is 0 Å². The van der Waals surface area contributed by atoms with E-state index in [0.717, 1.165) is 17.9 Å². The molecule has 2 fully saturated rings. The van der Waals surface area contributed by atoms with Crippen LogP contribution < -0.4 is 5.32 Å². The van der Waals surface area contributed by atoms with Crippen LogP contribution in [0.5, 0.6) is 0 Å². The van der Waals surface area contributed by atoms with Gasteiger partial charge in [0.15, 0.2) is 0 Å². The average Bonchev–Trinajstić information content (AvgIpc) is 2.45. The summed E-state index contributed by atoms with van der Waals surface area (Å²) in [5.41, 5.74) is 0. The zero-order chi connectivity index (χ0) is 13.5. The topological polar surface area (TPSA) is 15.3 Å². The van der Waals surface area contributed by atoms with E-state index in [1.54, 1.807) is 0 Å². The lowest BCUT2D eigenvalue weighted by molar-refractivity contribution is 0.149. The molecule has 112 valence electrons. The first kappa shape index (κ1) is 15.3. The normalized spacial score (nSPS) is 29.8. The van der Waals surface area contributed by atoms with Gasteiger partial charge in [-0.1, -0.05) is 44.9 Å². The standard InChI is InChI=1S/C17H34N2/c1-19(2)14-8-13-18-17-12-7-6-11-16(17)15-9-4-3-5-10-15/h15-18H,3-14H2,1-2H3/t16-,17+/m0/s1. The maximum absolute atomic E-state index is 3.90. The number of nitrogens with zero attached hydrogens (tertiary/aromatic N) is 1. The molecule has 0 aromatic heterocycles.